The molecule has 3 nitrogen and oxygen atoms in total. The molecule has 0 saturated heterocycles. The van der Waals surface area contributed by atoms with Crippen LogP contribution in [0, 0.1) is 11.8 Å². The van der Waals surface area contributed by atoms with E-state index in [-0.39, 0.29) is 6.10 Å². The van der Waals surface area contributed by atoms with Crippen molar-refractivity contribution in [1.82, 2.24) is 0 Å². The lowest BCUT2D eigenvalue weighted by atomic mass is 10.2. The standard InChI is InChI=1S/C13H19NO2S/c1-11(2)16-8-7-15-10-13-12(4-3-6-14)5-9-17-13/h5,9,11H,6-8,10,14H2,1-2H3. The normalized spacial score (nSPS) is 10.4. The molecule has 0 aliphatic carbocycles. The molecule has 2 N–H and O–H groups in total. The molecule has 0 aliphatic heterocycles. The molecule has 17 heavy (non-hydrogen) atoms. The van der Waals surface area contributed by atoms with Crippen LogP contribution < -0.4 is 5.73 Å². The van der Waals surface area contributed by atoms with Crippen LogP contribution in [0.3, 0.4) is 0 Å². The summed E-state index contributed by atoms with van der Waals surface area (Å²) in [7, 11) is 0. The molecule has 1 heterocycles. The smallest absolute Gasteiger partial charge is 0.0823 e. The molecule has 0 radical (unpaired) electrons. The van der Waals surface area contributed by atoms with Crippen molar-refractivity contribution in [1.29, 1.82) is 0 Å². The summed E-state index contributed by atoms with van der Waals surface area (Å²) in [5.41, 5.74) is 6.36. The van der Waals surface area contributed by atoms with Crippen LogP contribution in [0.25, 0.3) is 0 Å². The Morgan fingerprint density at radius 1 is 1.41 bits per heavy atom. The van der Waals surface area contributed by atoms with Crippen LogP contribution in [0.4, 0.5) is 0 Å². The minimum absolute atomic E-state index is 0.256. The molecule has 0 amide bonds. The highest BCUT2D eigenvalue weighted by Crippen LogP contribution is 2.16. The third-order valence-electron chi connectivity index (χ3n) is 1.98. The van der Waals surface area contributed by atoms with Crippen molar-refractivity contribution in [2.45, 2.75) is 26.6 Å². The maximum absolute atomic E-state index is 5.54. The van der Waals surface area contributed by atoms with Gasteiger partial charge in [-0.3, -0.25) is 0 Å². The summed E-state index contributed by atoms with van der Waals surface area (Å²) in [6.45, 7) is 6.25. The molecule has 0 bridgehead atoms. The maximum Gasteiger partial charge on any atom is 0.0823 e. The van der Waals surface area contributed by atoms with Gasteiger partial charge in [0.05, 0.1) is 32.5 Å². The highest BCUT2D eigenvalue weighted by Gasteiger charge is 2.02. The lowest BCUT2D eigenvalue weighted by molar-refractivity contribution is 0.0149. The summed E-state index contributed by atoms with van der Waals surface area (Å²) in [6, 6.07) is 2.00. The van der Waals surface area contributed by atoms with E-state index in [1.54, 1.807) is 11.3 Å². The Labute approximate surface area is 107 Å². The molecule has 0 unspecified atom stereocenters. The van der Waals surface area contributed by atoms with Gasteiger partial charge >= 0.3 is 0 Å². The predicted octanol–water partition coefficient (Wildman–Crippen LogP) is 2.00. The van der Waals surface area contributed by atoms with Gasteiger partial charge in [-0.2, -0.15) is 0 Å². The molecule has 0 aliphatic rings. The first-order valence-corrected chi connectivity index (χ1v) is 6.56. The highest BCUT2D eigenvalue weighted by atomic mass is 32.1. The lowest BCUT2D eigenvalue weighted by Gasteiger charge is -2.07. The van der Waals surface area contributed by atoms with Crippen molar-refractivity contribution < 1.29 is 9.47 Å². The Balaban J connectivity index is 2.29. The fraction of sp³-hybridized carbons (Fsp3) is 0.538. The zero-order valence-corrected chi connectivity index (χ0v) is 11.2. The zero-order valence-electron chi connectivity index (χ0n) is 10.4. The van der Waals surface area contributed by atoms with Crippen molar-refractivity contribution in [3.05, 3.63) is 21.9 Å². The Hall–Kier alpha value is -0.860. The van der Waals surface area contributed by atoms with Gasteiger partial charge < -0.3 is 15.2 Å². The number of nitrogens with two attached hydrogens (primary N) is 1. The van der Waals surface area contributed by atoms with Crippen molar-refractivity contribution in [3.8, 4) is 11.8 Å². The largest absolute Gasteiger partial charge is 0.376 e. The average Bonchev–Trinajstić information content (AvgIpc) is 2.73. The van der Waals surface area contributed by atoms with Crippen LogP contribution >= 0.6 is 11.3 Å². The van der Waals surface area contributed by atoms with Gasteiger partial charge in [-0.15, -0.1) is 11.3 Å². The van der Waals surface area contributed by atoms with Gasteiger partial charge in [0.25, 0.3) is 0 Å². The topological polar surface area (TPSA) is 44.5 Å². The van der Waals surface area contributed by atoms with E-state index in [9.17, 15) is 0 Å². The second-order valence-corrected chi connectivity index (χ2v) is 4.74. The molecular formula is C13H19NO2S. The SMILES string of the molecule is CC(C)OCCOCc1sccc1C#CCN. The van der Waals surface area contributed by atoms with E-state index >= 15 is 0 Å². The van der Waals surface area contributed by atoms with Gasteiger partial charge in [0.1, 0.15) is 0 Å². The fourth-order valence-corrected chi connectivity index (χ4v) is 1.98. The van der Waals surface area contributed by atoms with Crippen LogP contribution in [0.1, 0.15) is 24.3 Å². The van der Waals surface area contributed by atoms with Crippen LogP contribution in [0.2, 0.25) is 0 Å². The number of rotatable bonds is 6. The van der Waals surface area contributed by atoms with E-state index in [0.717, 1.165) is 10.4 Å². The molecule has 0 aromatic carbocycles. The summed E-state index contributed by atoms with van der Waals surface area (Å²) in [6.07, 6.45) is 0.256. The second-order valence-electron chi connectivity index (χ2n) is 3.74. The lowest BCUT2D eigenvalue weighted by Crippen LogP contribution is -2.09. The van der Waals surface area contributed by atoms with Crippen LogP contribution in [0.5, 0.6) is 0 Å². The molecule has 0 atom stereocenters. The van der Waals surface area contributed by atoms with E-state index in [1.807, 2.05) is 25.3 Å². The number of hydrogen-bond acceptors (Lipinski definition) is 4. The van der Waals surface area contributed by atoms with Crippen molar-refractivity contribution in [3.63, 3.8) is 0 Å². The third-order valence-corrected chi connectivity index (χ3v) is 2.88. The van der Waals surface area contributed by atoms with E-state index in [1.165, 1.54) is 0 Å². The summed E-state index contributed by atoms with van der Waals surface area (Å²) in [5.74, 6) is 5.89. The monoisotopic (exact) mass is 253 g/mol. The summed E-state index contributed by atoms with van der Waals surface area (Å²) < 4.78 is 10.9. The zero-order chi connectivity index (χ0) is 12.5. The molecule has 94 valence electrons. The molecule has 1 aromatic rings. The van der Waals surface area contributed by atoms with Crippen molar-refractivity contribution >= 4 is 11.3 Å². The van der Waals surface area contributed by atoms with E-state index < -0.39 is 0 Å². The van der Waals surface area contributed by atoms with Crippen LogP contribution in [-0.4, -0.2) is 25.9 Å². The fourth-order valence-electron chi connectivity index (χ4n) is 1.22. The second kappa shape index (κ2) is 8.26. The predicted molar refractivity (Wildman–Crippen MR) is 71.0 cm³/mol. The third kappa shape index (κ3) is 5.85. The van der Waals surface area contributed by atoms with Crippen LogP contribution in [0.15, 0.2) is 11.4 Å². The van der Waals surface area contributed by atoms with Gasteiger partial charge in [-0.1, -0.05) is 11.8 Å². The first-order chi connectivity index (χ1) is 8.24. The molecule has 1 aromatic heterocycles. The Kier molecular flexibility index (Phi) is 6.90. The van der Waals surface area contributed by atoms with Gasteiger partial charge in [0.2, 0.25) is 0 Å². The van der Waals surface area contributed by atoms with Gasteiger partial charge in [0.15, 0.2) is 0 Å². The van der Waals surface area contributed by atoms with Gasteiger partial charge in [0, 0.05) is 10.4 Å². The van der Waals surface area contributed by atoms with Gasteiger partial charge in [-0.05, 0) is 25.3 Å². The van der Waals surface area contributed by atoms with E-state index in [0.29, 0.717) is 26.4 Å². The molecular weight excluding hydrogens is 234 g/mol. The number of ether oxygens (including phenoxy) is 2. The molecule has 1 rings (SSSR count). The minimum atomic E-state index is 0.256. The minimum Gasteiger partial charge on any atom is -0.376 e. The Bertz CT molecular complexity index is 376. The summed E-state index contributed by atoms with van der Waals surface area (Å²) in [4.78, 5) is 1.15. The highest BCUT2D eigenvalue weighted by molar-refractivity contribution is 7.10. The molecule has 0 fully saturated rings. The first-order valence-electron chi connectivity index (χ1n) is 5.68. The quantitative estimate of drug-likeness (QED) is 0.623. The Morgan fingerprint density at radius 3 is 2.94 bits per heavy atom. The number of thiophene rings is 1. The first kappa shape index (κ1) is 14.2. The summed E-state index contributed by atoms with van der Waals surface area (Å²) in [5, 5.41) is 2.02. The summed E-state index contributed by atoms with van der Waals surface area (Å²) >= 11 is 1.66. The molecule has 0 spiro atoms. The Morgan fingerprint density at radius 2 is 2.24 bits per heavy atom. The molecule has 4 heteroatoms. The van der Waals surface area contributed by atoms with Crippen molar-refractivity contribution in [2.75, 3.05) is 19.8 Å². The van der Waals surface area contributed by atoms with Crippen molar-refractivity contribution in [2.24, 2.45) is 5.73 Å². The van der Waals surface area contributed by atoms with Gasteiger partial charge in [-0.25, -0.2) is 0 Å². The molecule has 0 saturated carbocycles. The van der Waals surface area contributed by atoms with Crippen LogP contribution in [-0.2, 0) is 16.1 Å². The van der Waals surface area contributed by atoms with E-state index in [4.69, 9.17) is 15.2 Å². The maximum atomic E-state index is 5.54. The number of hydrogen-bond donors (Lipinski definition) is 1. The van der Waals surface area contributed by atoms with E-state index in [2.05, 4.69) is 11.8 Å². The average molecular weight is 253 g/mol.